The highest BCUT2D eigenvalue weighted by Gasteiger charge is 2.51. The second kappa shape index (κ2) is 17.3. The molecule has 4 atom stereocenters. The summed E-state index contributed by atoms with van der Waals surface area (Å²) in [5.41, 5.74) is 0.698. The molecule has 1 N–H and O–H groups in total. The van der Waals surface area contributed by atoms with Crippen LogP contribution in [0.3, 0.4) is 0 Å². The van der Waals surface area contributed by atoms with E-state index in [4.69, 9.17) is 23.4 Å². The lowest BCUT2D eigenvalue weighted by atomic mass is 10.1. The van der Waals surface area contributed by atoms with Crippen molar-refractivity contribution >= 4 is 42.8 Å². The zero-order valence-corrected chi connectivity index (χ0v) is 30.3. The summed E-state index contributed by atoms with van der Waals surface area (Å²) in [6.45, 7) is 6.00. The number of esters is 2. The molecule has 0 fully saturated rings. The summed E-state index contributed by atoms with van der Waals surface area (Å²) in [4.78, 5) is 44.8. The number of carbonyl (C=O) groups is 3. The van der Waals surface area contributed by atoms with Crippen LogP contribution in [0.1, 0.15) is 41.5 Å². The topological polar surface area (TPSA) is 122 Å². The molecular formula is C40H44N2O8Si. The predicted octanol–water partition coefficient (Wildman–Crippen LogP) is 4.57. The number of nitrogens with zero attached hydrogens (tertiary/aromatic N) is 1. The van der Waals surface area contributed by atoms with E-state index in [0.29, 0.717) is 11.1 Å². The van der Waals surface area contributed by atoms with Gasteiger partial charge in [0.1, 0.15) is 19.5 Å². The van der Waals surface area contributed by atoms with E-state index in [1.165, 1.54) is 13.3 Å². The molecule has 266 valence electrons. The van der Waals surface area contributed by atoms with Crippen LogP contribution < -0.4 is 15.7 Å². The fourth-order valence-corrected chi connectivity index (χ4v) is 10.7. The van der Waals surface area contributed by atoms with Gasteiger partial charge in [0.25, 0.3) is 8.32 Å². The third kappa shape index (κ3) is 9.05. The Balaban J connectivity index is 1.47. The Labute approximate surface area is 299 Å². The summed E-state index contributed by atoms with van der Waals surface area (Å²) in [6.07, 6.45) is -0.596. The first kappa shape index (κ1) is 37.3. The molecule has 4 aromatic rings. The number of carbonyl (C=O) groups excluding carboxylic acids is 3. The molecule has 1 heterocycles. The monoisotopic (exact) mass is 708 g/mol. The van der Waals surface area contributed by atoms with Gasteiger partial charge in [-0.3, -0.25) is 9.79 Å². The van der Waals surface area contributed by atoms with Crippen molar-refractivity contribution in [3.05, 3.63) is 132 Å². The normalized spacial score (nSPS) is 18.3. The molecule has 0 unspecified atom stereocenters. The maximum atomic E-state index is 14.0. The van der Waals surface area contributed by atoms with Crippen molar-refractivity contribution < 1.29 is 37.8 Å². The molecule has 1 aliphatic rings. The minimum absolute atomic E-state index is 0.00289. The quantitative estimate of drug-likeness (QED) is 0.115. The number of hydrogen-bond donors (Lipinski definition) is 1. The Hall–Kier alpha value is -4.94. The summed E-state index contributed by atoms with van der Waals surface area (Å²) in [6, 6.07) is 35.3. The lowest BCUT2D eigenvalue weighted by molar-refractivity contribution is -0.134. The van der Waals surface area contributed by atoms with Crippen LogP contribution in [-0.4, -0.2) is 83.8 Å². The summed E-state index contributed by atoms with van der Waals surface area (Å²) in [7, 11) is -1.61. The first-order valence-corrected chi connectivity index (χ1v) is 18.7. The highest BCUT2D eigenvalue weighted by Crippen LogP contribution is 2.37. The van der Waals surface area contributed by atoms with E-state index in [2.05, 4.69) is 55.3 Å². The molecule has 10 nitrogen and oxygen atoms in total. The van der Waals surface area contributed by atoms with E-state index < -0.39 is 50.5 Å². The van der Waals surface area contributed by atoms with Crippen molar-refractivity contribution in [3.63, 3.8) is 0 Å². The van der Waals surface area contributed by atoms with E-state index in [1.807, 2.05) is 36.4 Å². The Morgan fingerprint density at radius 2 is 1.29 bits per heavy atom. The van der Waals surface area contributed by atoms with Gasteiger partial charge < -0.3 is 28.7 Å². The standard InChI is InChI=1S/C40H44N2O8Si/c1-40(2,3)51(31-21-13-7-14-22-31,32-23-15-8-16-24-32)49-26-33-34(50-39(45)30-19-11-6-12-20-30)25-41-36(37(43)42-33)35(48-28-46-4)27-47-38(44)29-17-9-5-10-18-29/h5-25,33-36H,26-28H2,1-4H3,(H,42,43)/t33-,34-,35+,36-/m0/s1. The molecule has 1 aliphatic heterocycles. The van der Waals surface area contributed by atoms with Crippen molar-refractivity contribution in [1.29, 1.82) is 0 Å². The van der Waals surface area contributed by atoms with Gasteiger partial charge in [-0.1, -0.05) is 118 Å². The van der Waals surface area contributed by atoms with Gasteiger partial charge >= 0.3 is 11.9 Å². The fourth-order valence-electron chi connectivity index (χ4n) is 6.16. The van der Waals surface area contributed by atoms with Crippen LogP contribution >= 0.6 is 0 Å². The van der Waals surface area contributed by atoms with Gasteiger partial charge in [-0.05, 0) is 39.7 Å². The molecule has 51 heavy (non-hydrogen) atoms. The Morgan fingerprint density at radius 1 is 0.784 bits per heavy atom. The number of ether oxygens (including phenoxy) is 4. The van der Waals surface area contributed by atoms with Crippen molar-refractivity contribution in [2.24, 2.45) is 4.99 Å². The SMILES string of the molecule is COCO[C@H](COC(=O)c1ccccc1)[C@@H]1N=C[C@H](OC(=O)c2ccccc2)[C@H](CO[Si](c2ccccc2)(c2ccccc2)C(C)(C)C)NC1=O. The summed E-state index contributed by atoms with van der Waals surface area (Å²) < 4.78 is 29.7. The summed E-state index contributed by atoms with van der Waals surface area (Å²) >= 11 is 0. The maximum Gasteiger partial charge on any atom is 0.338 e. The van der Waals surface area contributed by atoms with Crippen LogP contribution in [0.25, 0.3) is 0 Å². The van der Waals surface area contributed by atoms with Crippen LogP contribution in [0.15, 0.2) is 126 Å². The van der Waals surface area contributed by atoms with Gasteiger partial charge in [0, 0.05) is 13.3 Å². The first-order valence-electron chi connectivity index (χ1n) is 16.8. The van der Waals surface area contributed by atoms with Crippen molar-refractivity contribution in [3.8, 4) is 0 Å². The van der Waals surface area contributed by atoms with E-state index in [9.17, 15) is 14.4 Å². The first-order chi connectivity index (χ1) is 24.6. The van der Waals surface area contributed by atoms with Crippen molar-refractivity contribution in [1.82, 2.24) is 5.32 Å². The fraction of sp³-hybridized carbons (Fsp3) is 0.300. The second-order valence-corrected chi connectivity index (χ2v) is 17.5. The Bertz CT molecular complexity index is 1710. The molecule has 0 aliphatic carbocycles. The summed E-state index contributed by atoms with van der Waals surface area (Å²) in [5, 5.41) is 4.80. The number of amides is 1. The molecule has 0 spiro atoms. The van der Waals surface area contributed by atoms with Crippen molar-refractivity contribution in [2.75, 3.05) is 27.1 Å². The van der Waals surface area contributed by atoms with Gasteiger partial charge in [0.15, 0.2) is 12.1 Å². The molecule has 0 aromatic heterocycles. The molecule has 5 rings (SSSR count). The van der Waals surface area contributed by atoms with Crippen LogP contribution in [0.5, 0.6) is 0 Å². The maximum absolute atomic E-state index is 14.0. The highest BCUT2D eigenvalue weighted by atomic mass is 28.4. The van der Waals surface area contributed by atoms with Crippen molar-refractivity contribution in [2.45, 2.75) is 50.1 Å². The van der Waals surface area contributed by atoms with Gasteiger partial charge in [-0.25, -0.2) is 9.59 Å². The zero-order chi connectivity index (χ0) is 36.3. The van der Waals surface area contributed by atoms with Crippen LogP contribution in [-0.2, 0) is 28.2 Å². The third-order valence-corrected chi connectivity index (χ3v) is 13.7. The smallest absolute Gasteiger partial charge is 0.338 e. The van der Waals surface area contributed by atoms with E-state index in [1.54, 1.807) is 60.7 Å². The number of methoxy groups -OCH3 is 1. The van der Waals surface area contributed by atoms with E-state index >= 15 is 0 Å². The second-order valence-electron chi connectivity index (χ2n) is 13.1. The van der Waals surface area contributed by atoms with Crippen LogP contribution in [0, 0.1) is 0 Å². The molecular weight excluding hydrogens is 665 g/mol. The Kier molecular flexibility index (Phi) is 12.7. The molecule has 0 bridgehead atoms. The molecule has 0 saturated heterocycles. The van der Waals surface area contributed by atoms with Gasteiger partial charge in [0.2, 0.25) is 5.91 Å². The van der Waals surface area contributed by atoms with Gasteiger partial charge in [-0.15, -0.1) is 0 Å². The number of nitrogens with one attached hydrogen (secondary N) is 1. The predicted molar refractivity (Wildman–Crippen MR) is 197 cm³/mol. The van der Waals surface area contributed by atoms with Crippen LogP contribution in [0.4, 0.5) is 0 Å². The van der Waals surface area contributed by atoms with Crippen LogP contribution in [0.2, 0.25) is 5.04 Å². The molecule has 0 saturated carbocycles. The largest absolute Gasteiger partial charge is 0.459 e. The lowest BCUT2D eigenvalue weighted by Gasteiger charge is -2.44. The molecule has 4 aromatic carbocycles. The minimum atomic E-state index is -3.05. The molecule has 0 radical (unpaired) electrons. The number of benzene rings is 4. The van der Waals surface area contributed by atoms with E-state index in [-0.39, 0.29) is 25.0 Å². The zero-order valence-electron chi connectivity index (χ0n) is 29.3. The summed E-state index contributed by atoms with van der Waals surface area (Å²) in [5.74, 6) is -1.68. The average molecular weight is 709 g/mol. The molecule has 1 amide bonds. The third-order valence-electron chi connectivity index (χ3n) is 8.68. The highest BCUT2D eigenvalue weighted by molar-refractivity contribution is 6.99. The van der Waals surface area contributed by atoms with Gasteiger partial charge in [-0.2, -0.15) is 0 Å². The minimum Gasteiger partial charge on any atom is -0.459 e. The number of hydrogen-bond acceptors (Lipinski definition) is 9. The van der Waals surface area contributed by atoms with Gasteiger partial charge in [0.05, 0.1) is 23.8 Å². The lowest BCUT2D eigenvalue weighted by Crippen LogP contribution is -2.68. The average Bonchev–Trinajstić information content (AvgIpc) is 3.30. The molecule has 11 heteroatoms. The van der Waals surface area contributed by atoms with E-state index in [0.717, 1.165) is 10.4 Å². The number of aliphatic imine (C=N–C) groups is 1. The number of rotatable bonds is 14. The Morgan fingerprint density at radius 3 is 1.80 bits per heavy atom.